The summed E-state index contributed by atoms with van der Waals surface area (Å²) in [5.74, 6) is -0.970. The van der Waals surface area contributed by atoms with Crippen molar-refractivity contribution in [2.75, 3.05) is 19.8 Å². The second-order valence-corrected chi connectivity index (χ2v) is 4.85. The number of carboxylic acid groups (broad SMARTS) is 1. The van der Waals surface area contributed by atoms with E-state index in [2.05, 4.69) is 10.00 Å². The minimum Gasteiger partial charge on any atom is -0.478 e. The van der Waals surface area contributed by atoms with Gasteiger partial charge in [0.1, 0.15) is 5.56 Å². The first-order valence-corrected chi connectivity index (χ1v) is 6.23. The fraction of sp³-hybridized carbons (Fsp3) is 0.667. The number of morpholine rings is 1. The van der Waals surface area contributed by atoms with Gasteiger partial charge in [-0.15, -0.1) is 0 Å². The maximum absolute atomic E-state index is 11.1. The highest BCUT2D eigenvalue weighted by Gasteiger charge is 2.27. The monoisotopic (exact) mass is 269 g/mol. The van der Waals surface area contributed by atoms with Gasteiger partial charge in [0, 0.05) is 26.2 Å². The number of hydrogen-bond donors (Lipinski definition) is 2. The Balaban J connectivity index is 2.15. The average Bonchev–Trinajstić information content (AvgIpc) is 2.74. The first-order chi connectivity index (χ1) is 9.02. The molecule has 0 spiro atoms. The van der Waals surface area contributed by atoms with Crippen LogP contribution in [0.15, 0.2) is 6.20 Å². The Labute approximate surface area is 111 Å². The minimum absolute atomic E-state index is 0.0274. The fourth-order valence-electron chi connectivity index (χ4n) is 2.23. The molecule has 2 unspecified atom stereocenters. The standard InChI is InChI=1S/C12H19N3O4/c1-8-7-19-9(6-16)4-15(8)5-11-10(12(17)18)3-13-14(11)2/h3,8-9,16H,4-7H2,1-2H3,(H,17,18). The van der Waals surface area contributed by atoms with Crippen molar-refractivity contribution >= 4 is 5.97 Å². The van der Waals surface area contributed by atoms with Crippen LogP contribution in [0.5, 0.6) is 0 Å². The van der Waals surface area contributed by atoms with Crippen molar-refractivity contribution in [1.82, 2.24) is 14.7 Å². The molecule has 0 bridgehead atoms. The molecule has 0 aromatic carbocycles. The Morgan fingerprint density at radius 1 is 1.63 bits per heavy atom. The Bertz CT molecular complexity index is 460. The van der Waals surface area contributed by atoms with Crippen LogP contribution in [0.4, 0.5) is 0 Å². The molecule has 0 saturated carbocycles. The second kappa shape index (κ2) is 5.68. The van der Waals surface area contributed by atoms with Crippen LogP contribution in [0, 0.1) is 0 Å². The van der Waals surface area contributed by atoms with E-state index in [0.717, 1.165) is 0 Å². The molecule has 19 heavy (non-hydrogen) atoms. The highest BCUT2D eigenvalue weighted by Crippen LogP contribution is 2.17. The number of rotatable bonds is 4. The number of hydrogen-bond acceptors (Lipinski definition) is 5. The van der Waals surface area contributed by atoms with Gasteiger partial charge < -0.3 is 14.9 Å². The van der Waals surface area contributed by atoms with Crippen LogP contribution < -0.4 is 0 Å². The quantitative estimate of drug-likeness (QED) is 0.780. The third kappa shape index (κ3) is 2.94. The zero-order valence-corrected chi connectivity index (χ0v) is 11.1. The number of aromatic nitrogens is 2. The van der Waals surface area contributed by atoms with E-state index in [0.29, 0.717) is 25.4 Å². The Morgan fingerprint density at radius 3 is 3.00 bits per heavy atom. The van der Waals surface area contributed by atoms with Gasteiger partial charge in [-0.1, -0.05) is 0 Å². The lowest BCUT2D eigenvalue weighted by Gasteiger charge is -2.37. The number of carboxylic acids is 1. The largest absolute Gasteiger partial charge is 0.478 e. The molecular formula is C12H19N3O4. The van der Waals surface area contributed by atoms with Crippen molar-refractivity contribution in [2.45, 2.75) is 25.6 Å². The average molecular weight is 269 g/mol. The fourth-order valence-corrected chi connectivity index (χ4v) is 2.23. The van der Waals surface area contributed by atoms with Crippen LogP contribution in [0.25, 0.3) is 0 Å². The van der Waals surface area contributed by atoms with Crippen molar-refractivity contribution in [3.8, 4) is 0 Å². The molecule has 2 N–H and O–H groups in total. The van der Waals surface area contributed by atoms with Gasteiger partial charge in [0.15, 0.2) is 0 Å². The van der Waals surface area contributed by atoms with Crippen molar-refractivity contribution in [3.63, 3.8) is 0 Å². The van der Waals surface area contributed by atoms with Crippen LogP contribution >= 0.6 is 0 Å². The van der Waals surface area contributed by atoms with Crippen LogP contribution in [-0.4, -0.2) is 62.8 Å². The van der Waals surface area contributed by atoms with E-state index >= 15 is 0 Å². The molecule has 2 heterocycles. The summed E-state index contributed by atoms with van der Waals surface area (Å²) < 4.78 is 7.05. The van der Waals surface area contributed by atoms with Crippen molar-refractivity contribution < 1.29 is 19.7 Å². The number of aromatic carboxylic acids is 1. The Hall–Kier alpha value is -1.44. The van der Waals surface area contributed by atoms with E-state index in [-0.39, 0.29) is 24.3 Å². The predicted octanol–water partition coefficient (Wildman–Crippen LogP) is -0.300. The maximum atomic E-state index is 11.1. The van der Waals surface area contributed by atoms with Crippen molar-refractivity contribution in [1.29, 1.82) is 0 Å². The van der Waals surface area contributed by atoms with E-state index < -0.39 is 5.97 Å². The van der Waals surface area contributed by atoms with E-state index in [1.807, 2.05) is 6.92 Å². The van der Waals surface area contributed by atoms with Gasteiger partial charge in [-0.2, -0.15) is 5.10 Å². The molecule has 7 heteroatoms. The molecule has 1 aliphatic rings. The molecule has 1 aliphatic heterocycles. The van der Waals surface area contributed by atoms with Crippen molar-refractivity contribution in [3.05, 3.63) is 17.5 Å². The van der Waals surface area contributed by atoms with Crippen LogP contribution in [0.1, 0.15) is 23.0 Å². The summed E-state index contributed by atoms with van der Waals surface area (Å²) in [5, 5.41) is 22.3. The van der Waals surface area contributed by atoms with E-state index in [9.17, 15) is 4.79 Å². The molecule has 0 amide bonds. The summed E-state index contributed by atoms with van der Waals surface area (Å²) in [6, 6.07) is 0.180. The lowest BCUT2D eigenvalue weighted by Crippen LogP contribution is -2.49. The smallest absolute Gasteiger partial charge is 0.339 e. The zero-order chi connectivity index (χ0) is 14.0. The van der Waals surface area contributed by atoms with Crippen LogP contribution in [0.2, 0.25) is 0 Å². The van der Waals surface area contributed by atoms with E-state index in [4.69, 9.17) is 14.9 Å². The molecule has 2 atom stereocenters. The molecular weight excluding hydrogens is 250 g/mol. The lowest BCUT2D eigenvalue weighted by atomic mass is 10.1. The summed E-state index contributed by atoms with van der Waals surface area (Å²) in [4.78, 5) is 13.2. The lowest BCUT2D eigenvalue weighted by molar-refractivity contribution is -0.0811. The second-order valence-electron chi connectivity index (χ2n) is 4.85. The summed E-state index contributed by atoms with van der Waals surface area (Å²) in [7, 11) is 1.73. The molecule has 1 aromatic rings. The number of aliphatic hydroxyl groups excluding tert-OH is 1. The first kappa shape index (κ1) is 14.0. The van der Waals surface area contributed by atoms with Gasteiger partial charge >= 0.3 is 5.97 Å². The van der Waals surface area contributed by atoms with Crippen LogP contribution in [0.3, 0.4) is 0 Å². The van der Waals surface area contributed by atoms with E-state index in [1.54, 1.807) is 11.7 Å². The highest BCUT2D eigenvalue weighted by molar-refractivity contribution is 5.88. The Kier molecular flexibility index (Phi) is 4.18. The normalized spacial score (nSPS) is 24.6. The number of carbonyl (C=O) groups is 1. The third-order valence-electron chi connectivity index (χ3n) is 3.48. The van der Waals surface area contributed by atoms with Gasteiger partial charge in [-0.25, -0.2) is 4.79 Å². The van der Waals surface area contributed by atoms with Gasteiger partial charge in [0.05, 0.1) is 31.2 Å². The minimum atomic E-state index is -0.970. The van der Waals surface area contributed by atoms with Gasteiger partial charge in [-0.3, -0.25) is 9.58 Å². The molecule has 1 saturated heterocycles. The van der Waals surface area contributed by atoms with Crippen LogP contribution in [-0.2, 0) is 18.3 Å². The summed E-state index contributed by atoms with van der Waals surface area (Å²) in [5.41, 5.74) is 0.889. The third-order valence-corrected chi connectivity index (χ3v) is 3.48. The molecule has 1 fully saturated rings. The number of aliphatic hydroxyl groups is 1. The number of aryl methyl sites for hydroxylation is 1. The SMILES string of the molecule is CC1COC(CO)CN1Cc1c(C(=O)O)cnn1C. The molecule has 1 aromatic heterocycles. The molecule has 0 radical (unpaired) electrons. The zero-order valence-electron chi connectivity index (χ0n) is 11.1. The van der Waals surface area contributed by atoms with Crippen molar-refractivity contribution in [2.24, 2.45) is 7.05 Å². The number of nitrogens with zero attached hydrogens (tertiary/aromatic N) is 3. The molecule has 106 valence electrons. The molecule has 7 nitrogen and oxygen atoms in total. The summed E-state index contributed by atoms with van der Waals surface area (Å²) in [6.45, 7) is 3.59. The van der Waals surface area contributed by atoms with E-state index in [1.165, 1.54) is 6.20 Å². The predicted molar refractivity (Wildman–Crippen MR) is 66.9 cm³/mol. The molecule has 2 rings (SSSR count). The topological polar surface area (TPSA) is 87.8 Å². The van der Waals surface area contributed by atoms with Gasteiger partial charge in [0.25, 0.3) is 0 Å². The summed E-state index contributed by atoms with van der Waals surface area (Å²) in [6.07, 6.45) is 1.16. The Morgan fingerprint density at radius 2 is 2.37 bits per heavy atom. The first-order valence-electron chi connectivity index (χ1n) is 6.23. The summed E-state index contributed by atoms with van der Waals surface area (Å²) >= 11 is 0. The number of ether oxygens (including phenoxy) is 1. The van der Waals surface area contributed by atoms with Gasteiger partial charge in [-0.05, 0) is 6.92 Å². The highest BCUT2D eigenvalue weighted by atomic mass is 16.5. The molecule has 0 aliphatic carbocycles. The van der Waals surface area contributed by atoms with Gasteiger partial charge in [0.2, 0.25) is 0 Å². The maximum Gasteiger partial charge on any atom is 0.339 e.